The first-order valence-corrected chi connectivity index (χ1v) is 10.3. The number of pyridine rings is 1. The third-order valence-corrected chi connectivity index (χ3v) is 5.50. The Bertz CT molecular complexity index is 1150. The highest BCUT2D eigenvalue weighted by Gasteiger charge is 2.31. The van der Waals surface area contributed by atoms with Crippen LogP contribution in [-0.2, 0) is 29.7 Å². The van der Waals surface area contributed by atoms with Gasteiger partial charge in [-0.05, 0) is 29.8 Å². The minimum atomic E-state index is -4.46. The second kappa shape index (κ2) is 8.37. The summed E-state index contributed by atoms with van der Waals surface area (Å²) in [4.78, 5) is 11.1. The van der Waals surface area contributed by atoms with Crippen LogP contribution in [0.15, 0.2) is 72.0 Å². The van der Waals surface area contributed by atoms with Gasteiger partial charge in [-0.2, -0.15) is 18.2 Å². The summed E-state index contributed by atoms with van der Waals surface area (Å²) in [5, 5.41) is 0.0988. The molecule has 0 aliphatic rings. The first-order chi connectivity index (χ1) is 14.4. The van der Waals surface area contributed by atoms with E-state index in [1.54, 1.807) is 18.3 Å². The third-order valence-electron chi connectivity index (χ3n) is 4.32. The number of hydrogen-bond acceptors (Lipinski definition) is 4. The van der Waals surface area contributed by atoms with Crippen molar-refractivity contribution in [2.24, 2.45) is 0 Å². The number of rotatable bonds is 6. The summed E-state index contributed by atoms with van der Waals surface area (Å²) < 4.78 is 57.0. The molecule has 0 saturated carbocycles. The van der Waals surface area contributed by atoms with Crippen molar-refractivity contribution in [1.82, 2.24) is 15.0 Å². The van der Waals surface area contributed by atoms with Crippen LogP contribution >= 0.6 is 0 Å². The fourth-order valence-corrected chi connectivity index (χ4v) is 3.82. The molecule has 154 valence electrons. The molecular weight excluding hydrogens is 415 g/mol. The number of hydrogen-bond donors (Lipinski definition) is 1. The lowest BCUT2D eigenvalue weighted by Crippen LogP contribution is -2.08. The predicted octanol–water partition coefficient (Wildman–Crippen LogP) is 4.86. The topological polar surface area (TPSA) is 73.9 Å². The summed E-state index contributed by atoms with van der Waals surface area (Å²) in [7, 11) is 0. The number of aromatic nitrogens is 3. The van der Waals surface area contributed by atoms with Gasteiger partial charge >= 0.3 is 11.3 Å². The van der Waals surface area contributed by atoms with Gasteiger partial charge in [0.25, 0.3) is 0 Å². The first kappa shape index (κ1) is 20.2. The molecule has 1 atom stereocenters. The summed E-state index contributed by atoms with van der Waals surface area (Å²) in [5.41, 5.74) is 1.24. The molecule has 4 aromatic rings. The van der Waals surface area contributed by atoms with Gasteiger partial charge in [-0.3, -0.25) is 9.97 Å². The Hall–Kier alpha value is -3.04. The van der Waals surface area contributed by atoms with Crippen LogP contribution < -0.4 is 4.74 Å². The number of nitrogens with one attached hydrogen (secondary N) is 1. The average molecular weight is 431 g/mol. The molecule has 5 nitrogen and oxygen atoms in total. The maximum atomic E-state index is 12.9. The van der Waals surface area contributed by atoms with Gasteiger partial charge in [-0.15, -0.1) is 0 Å². The smallest absolute Gasteiger partial charge is 0.416 e. The molecule has 1 N–H and O–H groups in total. The van der Waals surface area contributed by atoms with Gasteiger partial charge < -0.3 is 9.29 Å². The molecule has 0 saturated heterocycles. The summed E-state index contributed by atoms with van der Waals surface area (Å²) in [6.07, 6.45) is -2.91. The van der Waals surface area contributed by atoms with E-state index in [2.05, 4.69) is 15.0 Å². The second-order valence-corrected chi connectivity index (χ2v) is 7.89. The van der Waals surface area contributed by atoms with Crippen molar-refractivity contribution in [3.63, 3.8) is 0 Å². The van der Waals surface area contributed by atoms with E-state index in [4.69, 9.17) is 4.74 Å². The van der Waals surface area contributed by atoms with E-state index in [1.807, 2.05) is 30.3 Å². The first-order valence-electron chi connectivity index (χ1n) is 8.95. The van der Waals surface area contributed by atoms with Crippen LogP contribution in [0.3, 0.4) is 0 Å². The molecule has 0 bridgehead atoms. The largest absolute Gasteiger partial charge is 0.609 e. The molecule has 0 aliphatic heterocycles. The quantitative estimate of drug-likeness (QED) is 0.443. The molecule has 0 fully saturated rings. The van der Waals surface area contributed by atoms with Crippen LogP contribution in [-0.4, -0.2) is 19.5 Å². The van der Waals surface area contributed by atoms with Crippen LogP contribution in [0.5, 0.6) is 5.75 Å². The second-order valence-electron chi connectivity index (χ2n) is 6.52. The van der Waals surface area contributed by atoms with Crippen molar-refractivity contribution in [2.45, 2.75) is 23.7 Å². The SMILES string of the molecule is [O-][S+](Cc1cc(OCc2ccccc2)ccn1)c1nc2cc(C(F)(F)F)ccc2[nH]1. The number of benzene rings is 2. The molecule has 4 rings (SSSR count). The standard InChI is InChI=1S/C21H16F3N3O2S/c22-21(23,24)15-6-7-18-19(10-15)27-20(26-18)30(28)13-16-11-17(8-9-25-16)29-12-14-4-2-1-3-5-14/h1-11H,12-13H2,(H,26,27). The van der Waals surface area contributed by atoms with Gasteiger partial charge in [0.1, 0.15) is 12.4 Å². The Morgan fingerprint density at radius 3 is 2.60 bits per heavy atom. The van der Waals surface area contributed by atoms with E-state index in [1.165, 1.54) is 6.07 Å². The number of aromatic amines is 1. The molecule has 0 amide bonds. The summed E-state index contributed by atoms with van der Waals surface area (Å²) in [6.45, 7) is 0.387. The molecular formula is C21H16F3N3O2S. The molecule has 0 radical (unpaired) electrons. The number of H-pyrrole nitrogens is 1. The molecule has 2 aromatic heterocycles. The van der Waals surface area contributed by atoms with E-state index in [9.17, 15) is 17.7 Å². The lowest BCUT2D eigenvalue weighted by atomic mass is 10.2. The third kappa shape index (κ3) is 4.74. The van der Waals surface area contributed by atoms with Crippen LogP contribution in [0.4, 0.5) is 13.2 Å². The predicted molar refractivity (Wildman–Crippen MR) is 106 cm³/mol. The molecule has 1 unspecified atom stereocenters. The molecule has 30 heavy (non-hydrogen) atoms. The molecule has 0 aliphatic carbocycles. The number of alkyl halides is 3. The molecule has 9 heteroatoms. The van der Waals surface area contributed by atoms with E-state index in [0.29, 0.717) is 23.6 Å². The highest BCUT2D eigenvalue weighted by atomic mass is 32.2. The lowest BCUT2D eigenvalue weighted by Gasteiger charge is -2.09. The normalized spacial score (nSPS) is 12.8. The molecule has 2 aromatic carbocycles. The Kier molecular flexibility index (Phi) is 5.65. The van der Waals surface area contributed by atoms with Gasteiger partial charge in [-0.1, -0.05) is 30.3 Å². The van der Waals surface area contributed by atoms with Gasteiger partial charge in [0.2, 0.25) is 0 Å². The average Bonchev–Trinajstić information content (AvgIpc) is 3.16. The van der Waals surface area contributed by atoms with Crippen molar-refractivity contribution in [2.75, 3.05) is 0 Å². The zero-order valence-electron chi connectivity index (χ0n) is 15.5. The van der Waals surface area contributed by atoms with E-state index >= 15 is 0 Å². The van der Waals surface area contributed by atoms with Gasteiger partial charge in [0.15, 0.2) is 5.75 Å². The Balaban J connectivity index is 1.46. The highest BCUT2D eigenvalue weighted by Crippen LogP contribution is 2.31. The Morgan fingerprint density at radius 1 is 1.03 bits per heavy atom. The molecule has 0 spiro atoms. The summed E-state index contributed by atoms with van der Waals surface area (Å²) in [5.74, 6) is 0.634. The zero-order valence-corrected chi connectivity index (χ0v) is 16.3. The summed E-state index contributed by atoms with van der Waals surface area (Å²) >= 11 is -1.61. The van der Waals surface area contributed by atoms with Crippen LogP contribution in [0, 0.1) is 0 Å². The fourth-order valence-electron chi connectivity index (χ4n) is 2.83. The number of halogens is 3. The van der Waals surface area contributed by atoms with Crippen LogP contribution in [0.2, 0.25) is 0 Å². The van der Waals surface area contributed by atoms with E-state index in [0.717, 1.165) is 17.7 Å². The van der Waals surface area contributed by atoms with Crippen molar-refractivity contribution in [3.8, 4) is 5.75 Å². The fraction of sp³-hybridized carbons (Fsp3) is 0.143. The van der Waals surface area contributed by atoms with Crippen molar-refractivity contribution < 1.29 is 22.5 Å². The zero-order chi connectivity index (χ0) is 21.1. The van der Waals surface area contributed by atoms with Crippen molar-refractivity contribution in [1.29, 1.82) is 0 Å². The summed E-state index contributed by atoms with van der Waals surface area (Å²) in [6, 6.07) is 16.2. The van der Waals surface area contributed by atoms with Crippen LogP contribution in [0.1, 0.15) is 16.8 Å². The Morgan fingerprint density at radius 2 is 1.83 bits per heavy atom. The van der Waals surface area contributed by atoms with Crippen molar-refractivity contribution in [3.05, 3.63) is 83.7 Å². The number of nitrogens with zero attached hydrogens (tertiary/aromatic N) is 2. The highest BCUT2D eigenvalue weighted by molar-refractivity contribution is 7.90. The van der Waals surface area contributed by atoms with Gasteiger partial charge in [0, 0.05) is 23.4 Å². The van der Waals surface area contributed by atoms with Crippen LogP contribution in [0.25, 0.3) is 11.0 Å². The maximum absolute atomic E-state index is 12.9. The van der Waals surface area contributed by atoms with Crippen molar-refractivity contribution >= 4 is 22.2 Å². The van der Waals surface area contributed by atoms with E-state index in [-0.39, 0.29) is 16.4 Å². The Labute approximate surface area is 173 Å². The minimum absolute atomic E-state index is 0.0501. The number of ether oxygens (including phenoxy) is 1. The maximum Gasteiger partial charge on any atom is 0.416 e. The monoisotopic (exact) mass is 431 g/mol. The lowest BCUT2D eigenvalue weighted by molar-refractivity contribution is -0.137. The van der Waals surface area contributed by atoms with E-state index < -0.39 is 22.9 Å². The molecule has 2 heterocycles. The van der Waals surface area contributed by atoms with Gasteiger partial charge in [0.05, 0.1) is 22.3 Å². The van der Waals surface area contributed by atoms with Gasteiger partial charge in [-0.25, -0.2) is 0 Å². The number of imidazole rings is 1. The minimum Gasteiger partial charge on any atom is -0.609 e. The number of fused-ring (bicyclic) bond motifs is 1.